The molecule has 0 aromatic heterocycles. The Kier molecular flexibility index (Phi) is 6.23. The Balaban J connectivity index is 2.82. The van der Waals surface area contributed by atoms with Crippen molar-refractivity contribution < 1.29 is 4.74 Å². The average molecular weight is 363 g/mol. The lowest BCUT2D eigenvalue weighted by atomic mass is 10.2. The fourth-order valence-corrected chi connectivity index (χ4v) is 2.83. The Hall–Kier alpha value is -0.320. The van der Waals surface area contributed by atoms with E-state index in [1.165, 1.54) is 5.56 Å². The third kappa shape index (κ3) is 4.82. The molecular formula is C13H17Br2NO. The van der Waals surface area contributed by atoms with Crippen LogP contribution in [0.4, 0.5) is 0 Å². The number of benzene rings is 1. The molecule has 1 aromatic rings. The van der Waals surface area contributed by atoms with E-state index in [-0.39, 0.29) is 0 Å². The summed E-state index contributed by atoms with van der Waals surface area (Å²) < 4.78 is 7.59. The quantitative estimate of drug-likeness (QED) is 0.762. The Morgan fingerprint density at radius 1 is 1.35 bits per heavy atom. The lowest BCUT2D eigenvalue weighted by molar-refractivity contribution is 0.348. The normalized spacial score (nSPS) is 10.4. The van der Waals surface area contributed by atoms with E-state index in [1.807, 2.05) is 6.92 Å². The highest BCUT2D eigenvalue weighted by atomic mass is 79.9. The number of halogens is 2. The van der Waals surface area contributed by atoms with Crippen molar-refractivity contribution in [2.75, 3.05) is 13.2 Å². The van der Waals surface area contributed by atoms with Gasteiger partial charge in [-0.25, -0.2) is 0 Å². The van der Waals surface area contributed by atoms with Crippen LogP contribution in [0.5, 0.6) is 5.75 Å². The van der Waals surface area contributed by atoms with Gasteiger partial charge in [-0.15, -0.1) is 0 Å². The third-order valence-electron chi connectivity index (χ3n) is 2.10. The van der Waals surface area contributed by atoms with Gasteiger partial charge in [0.05, 0.1) is 8.95 Å². The molecule has 2 nitrogen and oxygen atoms in total. The molecule has 0 fully saturated rings. The summed E-state index contributed by atoms with van der Waals surface area (Å²) in [5.41, 5.74) is 2.22. The van der Waals surface area contributed by atoms with Crippen LogP contribution >= 0.6 is 31.9 Å². The maximum absolute atomic E-state index is 5.67. The van der Waals surface area contributed by atoms with Gasteiger partial charge in [-0.05, 0) is 68.6 Å². The molecular weight excluding hydrogens is 346 g/mol. The van der Waals surface area contributed by atoms with Crippen molar-refractivity contribution in [1.82, 2.24) is 5.32 Å². The summed E-state index contributed by atoms with van der Waals surface area (Å²) in [5.74, 6) is 0.827. The Labute approximate surface area is 120 Å². The van der Waals surface area contributed by atoms with Gasteiger partial charge in [-0.2, -0.15) is 0 Å². The van der Waals surface area contributed by atoms with Gasteiger partial charge in [0.2, 0.25) is 0 Å². The van der Waals surface area contributed by atoms with Gasteiger partial charge in [0, 0.05) is 6.54 Å². The molecule has 1 aromatic carbocycles. The first-order chi connectivity index (χ1) is 8.04. The summed E-state index contributed by atoms with van der Waals surface area (Å²) >= 11 is 7.06. The van der Waals surface area contributed by atoms with Crippen LogP contribution in [-0.4, -0.2) is 13.2 Å². The lowest BCUT2D eigenvalue weighted by Crippen LogP contribution is -2.11. The van der Waals surface area contributed by atoms with E-state index in [0.717, 1.165) is 33.4 Å². The minimum absolute atomic E-state index is 0.532. The topological polar surface area (TPSA) is 21.3 Å². The molecule has 0 unspecified atom stereocenters. The molecule has 4 heteroatoms. The zero-order valence-corrected chi connectivity index (χ0v) is 13.3. The van der Waals surface area contributed by atoms with Crippen LogP contribution in [0.3, 0.4) is 0 Å². The molecule has 94 valence electrons. The molecule has 0 radical (unpaired) electrons. The van der Waals surface area contributed by atoms with Crippen LogP contribution in [0, 0.1) is 0 Å². The van der Waals surface area contributed by atoms with Gasteiger partial charge < -0.3 is 10.1 Å². The zero-order chi connectivity index (χ0) is 12.8. The summed E-state index contributed by atoms with van der Waals surface area (Å²) in [7, 11) is 0. The smallest absolute Gasteiger partial charge is 0.148 e. The van der Waals surface area contributed by atoms with E-state index in [1.54, 1.807) is 0 Å². The fraction of sp³-hybridized carbons (Fsp3) is 0.385. The maximum Gasteiger partial charge on any atom is 0.148 e. The average Bonchev–Trinajstić information content (AvgIpc) is 2.24. The number of nitrogens with one attached hydrogen (secondary N) is 1. The van der Waals surface area contributed by atoms with E-state index >= 15 is 0 Å². The van der Waals surface area contributed by atoms with Crippen molar-refractivity contribution in [1.29, 1.82) is 0 Å². The summed E-state index contributed by atoms with van der Waals surface area (Å²) in [6.07, 6.45) is 0. The van der Waals surface area contributed by atoms with Crippen LogP contribution < -0.4 is 10.1 Å². The molecule has 0 bridgehead atoms. The van der Waals surface area contributed by atoms with Crippen molar-refractivity contribution in [3.05, 3.63) is 38.8 Å². The van der Waals surface area contributed by atoms with Gasteiger partial charge in [0.25, 0.3) is 0 Å². The van der Waals surface area contributed by atoms with Crippen LogP contribution in [-0.2, 0) is 6.54 Å². The van der Waals surface area contributed by atoms with Gasteiger partial charge in [0.1, 0.15) is 12.4 Å². The first kappa shape index (κ1) is 14.7. The summed E-state index contributed by atoms with van der Waals surface area (Å²) in [4.78, 5) is 0. The first-order valence-electron chi connectivity index (χ1n) is 5.50. The molecule has 0 amide bonds. The van der Waals surface area contributed by atoms with E-state index in [4.69, 9.17) is 4.74 Å². The second kappa shape index (κ2) is 7.19. The summed E-state index contributed by atoms with van der Waals surface area (Å²) in [6, 6.07) is 4.14. The third-order valence-corrected chi connectivity index (χ3v) is 3.28. The van der Waals surface area contributed by atoms with Crippen molar-refractivity contribution in [3.63, 3.8) is 0 Å². The molecule has 0 saturated carbocycles. The Morgan fingerprint density at radius 3 is 2.41 bits per heavy atom. The minimum Gasteiger partial charge on any atom is -0.487 e. The SMILES string of the molecule is C=C(C)COc1c(Br)cc(CNCC)cc1Br. The predicted octanol–water partition coefficient (Wildman–Crippen LogP) is 4.28. The molecule has 1 N–H and O–H groups in total. The molecule has 0 atom stereocenters. The van der Waals surface area contributed by atoms with Gasteiger partial charge >= 0.3 is 0 Å². The van der Waals surface area contributed by atoms with E-state index in [2.05, 4.69) is 62.8 Å². The number of ether oxygens (including phenoxy) is 1. The molecule has 17 heavy (non-hydrogen) atoms. The standard InChI is InChI=1S/C13H17Br2NO/c1-4-16-7-10-5-11(14)13(12(15)6-10)17-8-9(2)3/h5-6,16H,2,4,7-8H2,1,3H3. The van der Waals surface area contributed by atoms with Crippen LogP contribution in [0.2, 0.25) is 0 Å². The van der Waals surface area contributed by atoms with E-state index in [0.29, 0.717) is 6.61 Å². The van der Waals surface area contributed by atoms with Gasteiger partial charge in [0.15, 0.2) is 0 Å². The molecule has 1 rings (SSSR count). The van der Waals surface area contributed by atoms with Crippen LogP contribution in [0.25, 0.3) is 0 Å². The largest absolute Gasteiger partial charge is 0.487 e. The maximum atomic E-state index is 5.67. The molecule has 0 aliphatic carbocycles. The zero-order valence-electron chi connectivity index (χ0n) is 10.1. The van der Waals surface area contributed by atoms with E-state index in [9.17, 15) is 0 Å². The first-order valence-corrected chi connectivity index (χ1v) is 7.09. The fourth-order valence-electron chi connectivity index (χ4n) is 1.32. The van der Waals surface area contributed by atoms with Crippen molar-refractivity contribution in [2.24, 2.45) is 0 Å². The highest BCUT2D eigenvalue weighted by Crippen LogP contribution is 2.35. The van der Waals surface area contributed by atoms with Gasteiger partial charge in [-0.1, -0.05) is 13.5 Å². The molecule has 0 saturated heterocycles. The minimum atomic E-state index is 0.532. The summed E-state index contributed by atoms with van der Waals surface area (Å²) in [5, 5.41) is 3.29. The lowest BCUT2D eigenvalue weighted by Gasteiger charge is -2.12. The Morgan fingerprint density at radius 2 is 1.94 bits per heavy atom. The van der Waals surface area contributed by atoms with E-state index < -0.39 is 0 Å². The predicted molar refractivity (Wildman–Crippen MR) is 79.5 cm³/mol. The van der Waals surface area contributed by atoms with Crippen molar-refractivity contribution in [2.45, 2.75) is 20.4 Å². The molecule has 0 heterocycles. The highest BCUT2D eigenvalue weighted by molar-refractivity contribution is 9.11. The number of hydrogen-bond acceptors (Lipinski definition) is 2. The second-order valence-corrected chi connectivity index (χ2v) is 5.62. The number of rotatable bonds is 6. The summed E-state index contributed by atoms with van der Waals surface area (Å²) in [6.45, 7) is 10.2. The van der Waals surface area contributed by atoms with Crippen molar-refractivity contribution >= 4 is 31.9 Å². The molecule has 0 aliphatic heterocycles. The van der Waals surface area contributed by atoms with Crippen LogP contribution in [0.1, 0.15) is 19.4 Å². The second-order valence-electron chi connectivity index (χ2n) is 3.91. The Bertz CT molecular complexity index is 381. The van der Waals surface area contributed by atoms with Gasteiger partial charge in [-0.3, -0.25) is 0 Å². The highest BCUT2D eigenvalue weighted by Gasteiger charge is 2.08. The number of hydrogen-bond donors (Lipinski definition) is 1. The van der Waals surface area contributed by atoms with Crippen LogP contribution in [0.15, 0.2) is 33.2 Å². The monoisotopic (exact) mass is 361 g/mol. The molecule has 0 aliphatic rings. The molecule has 0 spiro atoms. The van der Waals surface area contributed by atoms with Crippen molar-refractivity contribution in [3.8, 4) is 5.75 Å².